The highest BCUT2D eigenvalue weighted by Gasteiger charge is 2.20. The van der Waals surface area contributed by atoms with Gasteiger partial charge in [0.25, 0.3) is 0 Å². The van der Waals surface area contributed by atoms with Crippen molar-refractivity contribution in [3.8, 4) is 0 Å². The number of hydrogen-bond acceptors (Lipinski definition) is 5. The minimum Gasteiger partial charge on any atom is -0.444 e. The predicted molar refractivity (Wildman–Crippen MR) is 103 cm³/mol. The number of benzene rings is 2. The molecule has 0 aliphatic heterocycles. The smallest absolute Gasteiger partial charge is 0.408 e. The Labute approximate surface area is 157 Å². The van der Waals surface area contributed by atoms with Crippen molar-refractivity contribution < 1.29 is 13.9 Å². The Kier molecular flexibility index (Phi) is 5.26. The largest absolute Gasteiger partial charge is 0.444 e. The molecule has 0 aliphatic carbocycles. The first-order valence-electron chi connectivity index (χ1n) is 8.81. The lowest BCUT2D eigenvalue weighted by atomic mass is 10.2. The molecule has 3 aromatic rings. The highest BCUT2D eigenvalue weighted by Crippen LogP contribution is 2.16. The number of aromatic nitrogens is 1. The molecule has 6 heteroatoms. The van der Waals surface area contributed by atoms with E-state index < -0.39 is 17.7 Å². The van der Waals surface area contributed by atoms with E-state index in [0.717, 1.165) is 16.6 Å². The lowest BCUT2D eigenvalue weighted by Crippen LogP contribution is -2.34. The molecule has 0 spiro atoms. The standard InChI is InChI=1S/C21H23N3O3/c1-14(22-20(25)27-21(2,3)4)18-24-17-13-9-8-12-16(17)19(26-18)23-15-10-6-5-7-11-15/h5-14H,1-4H3,(H,22,25)/b23-19-. The summed E-state index contributed by atoms with van der Waals surface area (Å²) >= 11 is 0. The van der Waals surface area contributed by atoms with Crippen LogP contribution >= 0.6 is 0 Å². The highest BCUT2D eigenvalue weighted by atomic mass is 16.6. The van der Waals surface area contributed by atoms with Crippen LogP contribution in [0.4, 0.5) is 10.5 Å². The fraction of sp³-hybridized carbons (Fsp3) is 0.286. The number of nitrogens with zero attached hydrogens (tertiary/aromatic N) is 2. The van der Waals surface area contributed by atoms with Gasteiger partial charge in [-0.25, -0.2) is 14.8 Å². The fourth-order valence-electron chi connectivity index (χ4n) is 2.48. The lowest BCUT2D eigenvalue weighted by Gasteiger charge is -2.21. The van der Waals surface area contributed by atoms with Crippen molar-refractivity contribution in [1.82, 2.24) is 10.3 Å². The number of carbonyl (C=O) groups excluding carboxylic acids is 1. The summed E-state index contributed by atoms with van der Waals surface area (Å²) < 4.78 is 11.2. The van der Waals surface area contributed by atoms with Crippen LogP contribution in [0.25, 0.3) is 10.9 Å². The van der Waals surface area contributed by atoms with Gasteiger partial charge in [-0.05, 0) is 52.0 Å². The Morgan fingerprint density at radius 2 is 1.78 bits per heavy atom. The average Bonchev–Trinajstić information content (AvgIpc) is 2.60. The van der Waals surface area contributed by atoms with Gasteiger partial charge in [-0.3, -0.25) is 0 Å². The van der Waals surface area contributed by atoms with Crippen LogP contribution in [0.3, 0.4) is 0 Å². The maximum absolute atomic E-state index is 12.1. The van der Waals surface area contributed by atoms with Crippen LogP contribution in [0.2, 0.25) is 0 Å². The van der Waals surface area contributed by atoms with Crippen molar-refractivity contribution in [3.05, 3.63) is 66.0 Å². The van der Waals surface area contributed by atoms with Gasteiger partial charge in [-0.2, -0.15) is 0 Å². The summed E-state index contributed by atoms with van der Waals surface area (Å²) in [7, 11) is 0. The summed E-state index contributed by atoms with van der Waals surface area (Å²) in [5.41, 5.74) is 1.38. The number of hydrogen-bond donors (Lipinski definition) is 1. The number of fused-ring (bicyclic) bond motifs is 1. The molecular weight excluding hydrogens is 342 g/mol. The fourth-order valence-corrected chi connectivity index (χ4v) is 2.48. The number of amides is 1. The predicted octanol–water partition coefficient (Wildman–Crippen LogP) is 4.65. The SMILES string of the molecule is CC(NC(=O)OC(C)(C)C)c1nc2ccccc2/c(=N/c2ccccc2)o1. The Balaban J connectivity index is 2.00. The average molecular weight is 365 g/mol. The molecule has 2 aromatic carbocycles. The molecule has 1 heterocycles. The molecule has 3 rings (SSSR count). The number of para-hydroxylation sites is 2. The van der Waals surface area contributed by atoms with E-state index in [2.05, 4.69) is 15.3 Å². The van der Waals surface area contributed by atoms with Crippen molar-refractivity contribution in [1.29, 1.82) is 0 Å². The summed E-state index contributed by atoms with van der Waals surface area (Å²) in [6, 6.07) is 16.7. The lowest BCUT2D eigenvalue weighted by molar-refractivity contribution is 0.0499. The Hall–Kier alpha value is -3.15. The highest BCUT2D eigenvalue weighted by molar-refractivity contribution is 5.77. The second-order valence-corrected chi connectivity index (χ2v) is 7.19. The third-order valence-electron chi connectivity index (χ3n) is 3.66. The molecule has 1 atom stereocenters. The topological polar surface area (TPSA) is 76.7 Å². The summed E-state index contributed by atoms with van der Waals surface area (Å²) in [5, 5.41) is 3.55. The molecule has 0 fully saturated rings. The molecule has 6 nitrogen and oxygen atoms in total. The van der Waals surface area contributed by atoms with Crippen LogP contribution in [-0.2, 0) is 4.74 Å². The molecule has 0 bridgehead atoms. The molecule has 27 heavy (non-hydrogen) atoms. The van der Waals surface area contributed by atoms with Gasteiger partial charge in [-0.1, -0.05) is 30.3 Å². The van der Waals surface area contributed by atoms with Crippen molar-refractivity contribution in [2.45, 2.75) is 39.3 Å². The van der Waals surface area contributed by atoms with Crippen molar-refractivity contribution in [2.24, 2.45) is 4.99 Å². The van der Waals surface area contributed by atoms with Crippen molar-refractivity contribution in [2.75, 3.05) is 0 Å². The van der Waals surface area contributed by atoms with Gasteiger partial charge in [-0.15, -0.1) is 0 Å². The number of carbonyl (C=O) groups is 1. The van der Waals surface area contributed by atoms with Crippen LogP contribution in [-0.4, -0.2) is 16.7 Å². The van der Waals surface area contributed by atoms with Crippen LogP contribution in [0, 0.1) is 0 Å². The van der Waals surface area contributed by atoms with E-state index in [1.165, 1.54) is 0 Å². The van der Waals surface area contributed by atoms with E-state index in [0.29, 0.717) is 11.4 Å². The molecule has 0 radical (unpaired) electrons. The van der Waals surface area contributed by atoms with Gasteiger partial charge in [0, 0.05) is 0 Å². The zero-order valence-corrected chi connectivity index (χ0v) is 15.9. The summed E-state index contributed by atoms with van der Waals surface area (Å²) in [6.07, 6.45) is -0.526. The Morgan fingerprint density at radius 3 is 2.48 bits per heavy atom. The second-order valence-electron chi connectivity index (χ2n) is 7.19. The molecule has 140 valence electrons. The molecule has 1 N–H and O–H groups in total. The first-order chi connectivity index (χ1) is 12.8. The van der Waals surface area contributed by atoms with E-state index in [4.69, 9.17) is 9.15 Å². The molecule has 1 unspecified atom stereocenters. The van der Waals surface area contributed by atoms with Crippen LogP contribution in [0.5, 0.6) is 0 Å². The normalized spacial score (nSPS) is 13.4. The summed E-state index contributed by atoms with van der Waals surface area (Å²) in [4.78, 5) is 21.2. The van der Waals surface area contributed by atoms with E-state index in [1.54, 1.807) is 6.92 Å². The molecule has 1 aromatic heterocycles. The maximum Gasteiger partial charge on any atom is 0.408 e. The quantitative estimate of drug-likeness (QED) is 0.733. The van der Waals surface area contributed by atoms with Crippen LogP contribution in [0.15, 0.2) is 64.0 Å². The van der Waals surface area contributed by atoms with Gasteiger partial charge >= 0.3 is 6.09 Å². The number of alkyl carbamates (subject to hydrolysis) is 1. The third-order valence-corrected chi connectivity index (χ3v) is 3.66. The zero-order chi connectivity index (χ0) is 19.4. The first-order valence-corrected chi connectivity index (χ1v) is 8.81. The molecule has 0 saturated heterocycles. The van der Waals surface area contributed by atoms with Crippen LogP contribution in [0.1, 0.15) is 39.6 Å². The maximum atomic E-state index is 12.1. The third kappa shape index (κ3) is 4.94. The Bertz CT molecular complexity index is 1000. The molecule has 0 aliphatic rings. The number of nitrogens with one attached hydrogen (secondary N) is 1. The number of ether oxygens (including phenoxy) is 1. The molecular formula is C21H23N3O3. The van der Waals surface area contributed by atoms with Crippen molar-refractivity contribution >= 4 is 22.7 Å². The zero-order valence-electron chi connectivity index (χ0n) is 15.9. The van der Waals surface area contributed by atoms with E-state index in [-0.39, 0.29) is 0 Å². The first kappa shape index (κ1) is 18.6. The van der Waals surface area contributed by atoms with E-state index >= 15 is 0 Å². The minimum atomic E-state index is -0.578. The van der Waals surface area contributed by atoms with Gasteiger partial charge in [0.1, 0.15) is 11.6 Å². The van der Waals surface area contributed by atoms with Gasteiger partial charge < -0.3 is 14.5 Å². The Morgan fingerprint density at radius 1 is 1.11 bits per heavy atom. The van der Waals surface area contributed by atoms with Gasteiger partial charge in [0.15, 0.2) is 0 Å². The second kappa shape index (κ2) is 7.61. The van der Waals surface area contributed by atoms with Crippen molar-refractivity contribution in [3.63, 3.8) is 0 Å². The van der Waals surface area contributed by atoms with E-state index in [1.807, 2.05) is 75.4 Å². The van der Waals surface area contributed by atoms with E-state index in [9.17, 15) is 4.79 Å². The summed E-state index contributed by atoms with van der Waals surface area (Å²) in [6.45, 7) is 7.23. The minimum absolute atomic E-state index is 0.356. The number of rotatable bonds is 3. The monoisotopic (exact) mass is 365 g/mol. The van der Waals surface area contributed by atoms with Gasteiger partial charge in [0.2, 0.25) is 11.4 Å². The van der Waals surface area contributed by atoms with Gasteiger partial charge in [0.05, 0.1) is 16.6 Å². The summed E-state index contributed by atoms with van der Waals surface area (Å²) in [5.74, 6) is 0.356. The molecule has 0 saturated carbocycles. The molecule has 1 amide bonds. The van der Waals surface area contributed by atoms with Crippen LogP contribution < -0.4 is 10.9 Å².